The molecule has 0 aliphatic heterocycles. The van der Waals surface area contributed by atoms with Gasteiger partial charge in [0.05, 0.1) is 7.11 Å². The second-order valence-electron chi connectivity index (χ2n) is 5.04. The Morgan fingerprint density at radius 2 is 2.00 bits per heavy atom. The Morgan fingerprint density at radius 3 is 2.47 bits per heavy atom. The molecule has 102 valence electrons. The topological polar surface area (TPSA) is 9.23 Å². The maximum atomic E-state index is 5.64. The fourth-order valence-electron chi connectivity index (χ4n) is 2.41. The molecule has 1 aromatic carbocycles. The zero-order chi connectivity index (χ0) is 14.5. The summed E-state index contributed by atoms with van der Waals surface area (Å²) < 4.78 is 5.64. The molecule has 0 saturated carbocycles. The van der Waals surface area contributed by atoms with E-state index in [0.717, 1.165) is 17.7 Å². The van der Waals surface area contributed by atoms with Crippen LogP contribution in [0.2, 0.25) is 0 Å². The van der Waals surface area contributed by atoms with Crippen molar-refractivity contribution in [3.05, 3.63) is 66.3 Å². The number of aryl methyl sites for hydroxylation is 1. The summed E-state index contributed by atoms with van der Waals surface area (Å²) in [4.78, 5) is 0. The Balaban J connectivity index is 3.47. The number of benzene rings is 1. The van der Waals surface area contributed by atoms with Crippen LogP contribution in [0.25, 0.3) is 0 Å². The normalized spacial score (nSPS) is 12.1. The van der Waals surface area contributed by atoms with E-state index in [9.17, 15) is 0 Å². The first-order valence-electron chi connectivity index (χ1n) is 6.64. The van der Waals surface area contributed by atoms with Crippen LogP contribution in [-0.2, 0) is 11.8 Å². The van der Waals surface area contributed by atoms with Gasteiger partial charge >= 0.3 is 0 Å². The van der Waals surface area contributed by atoms with Gasteiger partial charge in [-0.15, -0.1) is 0 Å². The number of para-hydroxylation sites is 1. The standard InChI is InChI=1S/C18H24O/c1-7-11-15(9-3)18(4,5)16-13-10-12-14(8-2)17(16)19-6/h7,9-13H,1,3,8H2,2,4-6H3/b15-11+. The quantitative estimate of drug-likeness (QED) is 0.662. The van der Waals surface area contributed by atoms with Gasteiger partial charge in [0.15, 0.2) is 0 Å². The van der Waals surface area contributed by atoms with Gasteiger partial charge < -0.3 is 4.74 Å². The van der Waals surface area contributed by atoms with E-state index in [1.165, 1.54) is 11.1 Å². The third-order valence-electron chi connectivity index (χ3n) is 3.59. The molecule has 0 bridgehead atoms. The third kappa shape index (κ3) is 2.98. The zero-order valence-corrected chi connectivity index (χ0v) is 12.5. The van der Waals surface area contributed by atoms with Crippen molar-refractivity contribution >= 4 is 0 Å². The van der Waals surface area contributed by atoms with Crippen molar-refractivity contribution in [1.29, 1.82) is 0 Å². The Kier molecular flexibility index (Phi) is 5.17. The molecule has 0 radical (unpaired) electrons. The van der Waals surface area contributed by atoms with Crippen LogP contribution in [0.3, 0.4) is 0 Å². The molecule has 0 saturated heterocycles. The lowest BCUT2D eigenvalue weighted by Gasteiger charge is -2.29. The molecule has 1 rings (SSSR count). The first-order chi connectivity index (χ1) is 9.02. The Labute approximate surface area is 117 Å². The summed E-state index contributed by atoms with van der Waals surface area (Å²) in [5, 5.41) is 0. The molecule has 0 aliphatic rings. The lowest BCUT2D eigenvalue weighted by atomic mass is 9.76. The summed E-state index contributed by atoms with van der Waals surface area (Å²) in [6.45, 7) is 14.2. The fraction of sp³-hybridized carbons (Fsp3) is 0.333. The number of rotatable bonds is 6. The van der Waals surface area contributed by atoms with Crippen molar-refractivity contribution in [2.75, 3.05) is 7.11 Å². The second-order valence-corrected chi connectivity index (χ2v) is 5.04. The van der Waals surface area contributed by atoms with E-state index in [0.29, 0.717) is 0 Å². The highest BCUT2D eigenvalue weighted by Gasteiger charge is 2.27. The van der Waals surface area contributed by atoms with Gasteiger partial charge in [0.25, 0.3) is 0 Å². The maximum Gasteiger partial charge on any atom is 0.126 e. The van der Waals surface area contributed by atoms with Crippen molar-refractivity contribution < 1.29 is 4.74 Å². The van der Waals surface area contributed by atoms with Gasteiger partial charge in [0, 0.05) is 11.0 Å². The Bertz CT molecular complexity index is 492. The van der Waals surface area contributed by atoms with Gasteiger partial charge in [-0.2, -0.15) is 0 Å². The molecule has 0 aromatic heterocycles. The van der Waals surface area contributed by atoms with E-state index >= 15 is 0 Å². The predicted molar refractivity (Wildman–Crippen MR) is 83.9 cm³/mol. The van der Waals surface area contributed by atoms with Gasteiger partial charge in [0.2, 0.25) is 0 Å². The molecular weight excluding hydrogens is 232 g/mol. The van der Waals surface area contributed by atoms with E-state index in [-0.39, 0.29) is 5.41 Å². The van der Waals surface area contributed by atoms with E-state index in [2.05, 4.69) is 52.1 Å². The van der Waals surface area contributed by atoms with Crippen LogP contribution in [0, 0.1) is 0 Å². The van der Waals surface area contributed by atoms with E-state index in [4.69, 9.17) is 4.74 Å². The minimum atomic E-state index is -0.160. The van der Waals surface area contributed by atoms with Gasteiger partial charge in [-0.05, 0) is 17.6 Å². The summed E-state index contributed by atoms with van der Waals surface area (Å²) in [5.74, 6) is 0.979. The molecule has 0 amide bonds. The smallest absolute Gasteiger partial charge is 0.126 e. The average molecular weight is 256 g/mol. The zero-order valence-electron chi connectivity index (χ0n) is 12.5. The molecule has 0 spiro atoms. The van der Waals surface area contributed by atoms with Crippen molar-refractivity contribution in [3.8, 4) is 5.75 Å². The monoisotopic (exact) mass is 256 g/mol. The highest BCUT2D eigenvalue weighted by atomic mass is 16.5. The molecule has 0 heterocycles. The Morgan fingerprint density at radius 1 is 1.32 bits per heavy atom. The molecule has 19 heavy (non-hydrogen) atoms. The molecule has 0 unspecified atom stereocenters. The minimum absolute atomic E-state index is 0.160. The second kappa shape index (κ2) is 6.42. The number of methoxy groups -OCH3 is 1. The van der Waals surface area contributed by atoms with Crippen molar-refractivity contribution in [2.24, 2.45) is 0 Å². The van der Waals surface area contributed by atoms with Gasteiger partial charge in [-0.25, -0.2) is 0 Å². The number of hydrogen-bond donors (Lipinski definition) is 0. The molecule has 0 aliphatic carbocycles. The summed E-state index contributed by atoms with van der Waals surface area (Å²) in [7, 11) is 1.73. The molecule has 1 nitrogen and oxygen atoms in total. The lowest BCUT2D eigenvalue weighted by Crippen LogP contribution is -2.21. The average Bonchev–Trinajstić information content (AvgIpc) is 2.43. The van der Waals surface area contributed by atoms with Crippen molar-refractivity contribution in [3.63, 3.8) is 0 Å². The van der Waals surface area contributed by atoms with E-state index in [1.807, 2.05) is 12.2 Å². The largest absolute Gasteiger partial charge is 0.496 e. The molecule has 1 heteroatoms. The first-order valence-corrected chi connectivity index (χ1v) is 6.64. The lowest BCUT2D eigenvalue weighted by molar-refractivity contribution is 0.396. The number of ether oxygens (including phenoxy) is 1. The molecule has 0 atom stereocenters. The van der Waals surface area contributed by atoms with Crippen LogP contribution >= 0.6 is 0 Å². The van der Waals surface area contributed by atoms with E-state index in [1.54, 1.807) is 13.2 Å². The maximum absolute atomic E-state index is 5.64. The van der Waals surface area contributed by atoms with Crippen molar-refractivity contribution in [1.82, 2.24) is 0 Å². The molecule has 0 N–H and O–H groups in total. The molecule has 0 fully saturated rings. The van der Waals surface area contributed by atoms with Gasteiger partial charge in [0.1, 0.15) is 5.75 Å². The van der Waals surface area contributed by atoms with Crippen LogP contribution in [0.1, 0.15) is 31.9 Å². The summed E-state index contributed by atoms with van der Waals surface area (Å²) >= 11 is 0. The highest BCUT2D eigenvalue weighted by molar-refractivity contribution is 5.51. The van der Waals surface area contributed by atoms with Crippen LogP contribution in [0.15, 0.2) is 55.2 Å². The SMILES string of the molecule is C=C/C=C(\C=C)C(C)(C)c1cccc(CC)c1OC. The van der Waals surface area contributed by atoms with Crippen LogP contribution in [-0.4, -0.2) is 7.11 Å². The van der Waals surface area contributed by atoms with Gasteiger partial charge in [-0.1, -0.05) is 70.4 Å². The van der Waals surface area contributed by atoms with Crippen LogP contribution < -0.4 is 4.74 Å². The minimum Gasteiger partial charge on any atom is -0.496 e. The number of allylic oxidation sites excluding steroid dienone is 4. The first kappa shape index (κ1) is 15.3. The predicted octanol–water partition coefficient (Wildman–Crippen LogP) is 4.83. The van der Waals surface area contributed by atoms with Gasteiger partial charge in [-0.3, -0.25) is 0 Å². The molecule has 1 aromatic rings. The fourth-order valence-corrected chi connectivity index (χ4v) is 2.41. The summed E-state index contributed by atoms with van der Waals surface area (Å²) in [6, 6.07) is 6.33. The van der Waals surface area contributed by atoms with Crippen molar-refractivity contribution in [2.45, 2.75) is 32.6 Å². The van der Waals surface area contributed by atoms with E-state index < -0.39 is 0 Å². The number of hydrogen-bond acceptors (Lipinski definition) is 1. The molecular formula is C18H24O. The third-order valence-corrected chi connectivity index (χ3v) is 3.59. The van der Waals surface area contributed by atoms with Crippen LogP contribution in [0.4, 0.5) is 0 Å². The highest BCUT2D eigenvalue weighted by Crippen LogP contribution is 2.39. The summed E-state index contributed by atoms with van der Waals surface area (Å²) in [6.07, 6.45) is 6.65. The van der Waals surface area contributed by atoms with Crippen LogP contribution in [0.5, 0.6) is 5.75 Å². The Hall–Kier alpha value is -1.76. The summed E-state index contributed by atoms with van der Waals surface area (Å²) in [5.41, 5.74) is 3.39.